The van der Waals surface area contributed by atoms with Gasteiger partial charge in [-0.3, -0.25) is 0 Å². The lowest BCUT2D eigenvalue weighted by Crippen LogP contribution is -1.89. The van der Waals surface area contributed by atoms with E-state index < -0.39 is 0 Å². The predicted octanol–water partition coefficient (Wildman–Crippen LogP) is 5.29. The number of hydrogen-bond acceptors (Lipinski definition) is 0. The van der Waals surface area contributed by atoms with Gasteiger partial charge in [-0.05, 0) is 68.4 Å². The van der Waals surface area contributed by atoms with E-state index in [1.54, 1.807) is 0 Å². The number of aryl methyl sites for hydroxylation is 3. The van der Waals surface area contributed by atoms with E-state index in [1.165, 1.54) is 46.2 Å². The van der Waals surface area contributed by atoms with E-state index in [0.29, 0.717) is 0 Å². The second-order valence-electron chi connectivity index (χ2n) is 5.38. The molecule has 0 saturated carbocycles. The molecule has 0 heteroatoms. The Balaban J connectivity index is 2.22. The quantitative estimate of drug-likeness (QED) is 0.656. The minimum Gasteiger partial charge on any atom is -0.0730 e. The molecule has 0 aromatic heterocycles. The number of allylic oxidation sites excluding steroid dienone is 5. The van der Waals surface area contributed by atoms with E-state index in [9.17, 15) is 0 Å². The molecule has 0 radical (unpaired) electrons. The van der Waals surface area contributed by atoms with Gasteiger partial charge in [0.1, 0.15) is 0 Å². The van der Waals surface area contributed by atoms with Crippen molar-refractivity contribution in [3.63, 3.8) is 0 Å². The van der Waals surface area contributed by atoms with Crippen LogP contribution in [-0.4, -0.2) is 0 Å². The largest absolute Gasteiger partial charge is 0.0730 e. The zero-order valence-electron chi connectivity index (χ0n) is 11.9. The normalized spacial score (nSPS) is 15.8. The second kappa shape index (κ2) is 5.39. The highest BCUT2D eigenvalue weighted by Crippen LogP contribution is 2.21. The molecule has 0 aliphatic heterocycles. The van der Waals surface area contributed by atoms with Crippen LogP contribution in [0.4, 0.5) is 0 Å². The van der Waals surface area contributed by atoms with Crippen molar-refractivity contribution in [3.8, 4) is 0 Å². The maximum absolute atomic E-state index is 2.28. The molecule has 0 atom stereocenters. The van der Waals surface area contributed by atoms with E-state index in [2.05, 4.69) is 64.1 Å². The molecule has 0 N–H and O–H groups in total. The molecule has 1 aromatic carbocycles. The highest BCUT2D eigenvalue weighted by atomic mass is 14.1. The molecule has 0 unspecified atom stereocenters. The van der Waals surface area contributed by atoms with Crippen molar-refractivity contribution in [1.29, 1.82) is 0 Å². The molecule has 0 nitrogen and oxygen atoms in total. The third-order valence-electron chi connectivity index (χ3n) is 3.75. The summed E-state index contributed by atoms with van der Waals surface area (Å²) >= 11 is 0. The maximum Gasteiger partial charge on any atom is -0.0224 e. The summed E-state index contributed by atoms with van der Waals surface area (Å²) in [6.45, 7) is 8.74. The molecule has 0 fully saturated rings. The maximum atomic E-state index is 2.28. The molecule has 94 valence electrons. The minimum absolute atomic E-state index is 1.17. The fraction of sp³-hybridized carbons (Fsp3) is 0.333. The van der Waals surface area contributed by atoms with Crippen molar-refractivity contribution in [1.82, 2.24) is 0 Å². The first-order valence-electron chi connectivity index (χ1n) is 6.68. The van der Waals surface area contributed by atoms with E-state index in [0.717, 1.165) is 0 Å². The van der Waals surface area contributed by atoms with Crippen LogP contribution in [0.15, 0.2) is 41.5 Å². The Kier molecular flexibility index (Phi) is 3.86. The summed E-state index contributed by atoms with van der Waals surface area (Å²) in [6.07, 6.45) is 11.4. The first-order valence-corrected chi connectivity index (χ1v) is 6.68. The van der Waals surface area contributed by atoms with Crippen molar-refractivity contribution in [3.05, 3.63) is 63.8 Å². The Morgan fingerprint density at radius 3 is 2.17 bits per heavy atom. The van der Waals surface area contributed by atoms with Crippen LogP contribution in [0.2, 0.25) is 0 Å². The summed E-state index contributed by atoms with van der Waals surface area (Å²) in [5, 5.41) is 0. The van der Waals surface area contributed by atoms with E-state index >= 15 is 0 Å². The van der Waals surface area contributed by atoms with Crippen LogP contribution < -0.4 is 0 Å². The lowest BCUT2D eigenvalue weighted by molar-refractivity contribution is 0.928. The number of rotatable bonds is 2. The van der Waals surface area contributed by atoms with Crippen molar-refractivity contribution in [2.75, 3.05) is 0 Å². The molecule has 2 rings (SSSR count). The Labute approximate surface area is 111 Å². The summed E-state index contributed by atoms with van der Waals surface area (Å²) in [7, 11) is 0. The summed E-state index contributed by atoms with van der Waals surface area (Å²) in [5.41, 5.74) is 8.35. The molecule has 1 aliphatic rings. The fourth-order valence-electron chi connectivity index (χ4n) is 2.26. The lowest BCUT2D eigenvalue weighted by Gasteiger charge is -2.09. The molecule has 0 saturated heterocycles. The lowest BCUT2D eigenvalue weighted by atomic mass is 9.97. The molecular formula is C18H22. The van der Waals surface area contributed by atoms with Gasteiger partial charge < -0.3 is 0 Å². The zero-order valence-corrected chi connectivity index (χ0v) is 11.9. The molecule has 18 heavy (non-hydrogen) atoms. The van der Waals surface area contributed by atoms with Crippen LogP contribution in [0.25, 0.3) is 6.08 Å². The Bertz CT molecular complexity index is 539. The van der Waals surface area contributed by atoms with Crippen LogP contribution in [0, 0.1) is 20.8 Å². The molecular weight excluding hydrogens is 216 g/mol. The van der Waals surface area contributed by atoms with Crippen LogP contribution in [-0.2, 0) is 0 Å². The Hall–Kier alpha value is -1.56. The van der Waals surface area contributed by atoms with Gasteiger partial charge >= 0.3 is 0 Å². The third-order valence-corrected chi connectivity index (χ3v) is 3.75. The second-order valence-corrected chi connectivity index (χ2v) is 5.38. The highest BCUT2D eigenvalue weighted by Gasteiger charge is 2.01. The average Bonchev–Trinajstić information content (AvgIpc) is 2.34. The first kappa shape index (κ1) is 12.9. The fourth-order valence-corrected chi connectivity index (χ4v) is 2.26. The van der Waals surface area contributed by atoms with Gasteiger partial charge in [0.2, 0.25) is 0 Å². The predicted molar refractivity (Wildman–Crippen MR) is 80.8 cm³/mol. The summed E-state index contributed by atoms with van der Waals surface area (Å²) in [4.78, 5) is 0. The first-order chi connectivity index (χ1) is 8.56. The van der Waals surface area contributed by atoms with Crippen molar-refractivity contribution in [2.24, 2.45) is 0 Å². The van der Waals surface area contributed by atoms with Crippen LogP contribution in [0.1, 0.15) is 42.0 Å². The topological polar surface area (TPSA) is 0 Å². The molecule has 0 heterocycles. The summed E-state index contributed by atoms with van der Waals surface area (Å²) in [6, 6.07) is 4.56. The molecule has 0 bridgehead atoms. The van der Waals surface area contributed by atoms with Gasteiger partial charge in [0.15, 0.2) is 0 Å². The Morgan fingerprint density at radius 2 is 1.50 bits per heavy atom. The van der Waals surface area contributed by atoms with Gasteiger partial charge in [-0.25, -0.2) is 0 Å². The summed E-state index contributed by atoms with van der Waals surface area (Å²) in [5.74, 6) is 0. The SMILES string of the molecule is CC1=CC=C(C=Cc2cc(C)c(C)cc2C)CC1. The number of hydrogen-bond donors (Lipinski definition) is 0. The van der Waals surface area contributed by atoms with Gasteiger partial charge in [0, 0.05) is 0 Å². The number of benzene rings is 1. The van der Waals surface area contributed by atoms with Gasteiger partial charge in [-0.15, -0.1) is 0 Å². The minimum atomic E-state index is 1.17. The average molecular weight is 238 g/mol. The molecule has 1 aromatic rings. The van der Waals surface area contributed by atoms with E-state index in [1.807, 2.05) is 0 Å². The van der Waals surface area contributed by atoms with Crippen LogP contribution in [0.5, 0.6) is 0 Å². The van der Waals surface area contributed by atoms with Crippen molar-refractivity contribution in [2.45, 2.75) is 40.5 Å². The van der Waals surface area contributed by atoms with Crippen molar-refractivity contribution >= 4 is 6.08 Å². The standard InChI is InChI=1S/C18H22/c1-13-5-7-17(8-6-13)9-10-18-12-15(3)14(2)11-16(18)4/h5,7,9-12H,6,8H2,1-4H3. The third kappa shape index (κ3) is 3.01. The van der Waals surface area contributed by atoms with Gasteiger partial charge in [-0.2, -0.15) is 0 Å². The summed E-state index contributed by atoms with van der Waals surface area (Å²) < 4.78 is 0. The molecule has 0 spiro atoms. The van der Waals surface area contributed by atoms with Crippen LogP contribution in [0.3, 0.4) is 0 Å². The molecule has 1 aliphatic carbocycles. The van der Waals surface area contributed by atoms with Gasteiger partial charge in [0.05, 0.1) is 0 Å². The monoisotopic (exact) mass is 238 g/mol. The van der Waals surface area contributed by atoms with E-state index in [-0.39, 0.29) is 0 Å². The van der Waals surface area contributed by atoms with Gasteiger partial charge in [0.25, 0.3) is 0 Å². The van der Waals surface area contributed by atoms with Crippen LogP contribution >= 0.6 is 0 Å². The zero-order chi connectivity index (χ0) is 13.1. The van der Waals surface area contributed by atoms with E-state index in [4.69, 9.17) is 0 Å². The molecule has 0 amide bonds. The Morgan fingerprint density at radius 1 is 0.778 bits per heavy atom. The van der Waals surface area contributed by atoms with Crippen molar-refractivity contribution < 1.29 is 0 Å². The smallest absolute Gasteiger partial charge is 0.0224 e. The van der Waals surface area contributed by atoms with Gasteiger partial charge in [-0.1, -0.05) is 42.0 Å². The highest BCUT2D eigenvalue weighted by molar-refractivity contribution is 5.59.